The largest absolute Gasteiger partial charge is 0.436 e. The van der Waals surface area contributed by atoms with Crippen LogP contribution in [-0.2, 0) is 4.79 Å². The Balaban J connectivity index is 1.96. The third kappa shape index (κ3) is 4.70. The molecular formula is C22H18N6O2. The number of ether oxygens (including phenoxy) is 1. The molecule has 0 spiro atoms. The highest BCUT2D eigenvalue weighted by molar-refractivity contribution is 5.90. The fraction of sp³-hybridized carbons (Fsp3) is 0.136. The Kier molecular flexibility index (Phi) is 5.90. The van der Waals surface area contributed by atoms with Gasteiger partial charge in [0.25, 0.3) is 0 Å². The molecule has 2 aromatic carbocycles. The Morgan fingerprint density at radius 3 is 2.23 bits per heavy atom. The van der Waals surface area contributed by atoms with Gasteiger partial charge in [0, 0.05) is 12.6 Å². The van der Waals surface area contributed by atoms with E-state index in [1.165, 1.54) is 13.1 Å². The van der Waals surface area contributed by atoms with Gasteiger partial charge in [-0.1, -0.05) is 0 Å². The van der Waals surface area contributed by atoms with Gasteiger partial charge in [-0.3, -0.25) is 4.79 Å². The van der Waals surface area contributed by atoms with Gasteiger partial charge in [0.1, 0.15) is 11.4 Å². The summed E-state index contributed by atoms with van der Waals surface area (Å²) in [6, 6.07) is 14.4. The molecule has 0 aliphatic heterocycles. The number of aryl methyl sites for hydroxylation is 2. The van der Waals surface area contributed by atoms with Gasteiger partial charge in [-0.05, 0) is 61.4 Å². The van der Waals surface area contributed by atoms with E-state index in [1.807, 2.05) is 13.8 Å². The number of aromatic nitrogens is 2. The molecule has 3 aromatic rings. The van der Waals surface area contributed by atoms with E-state index in [4.69, 9.17) is 15.3 Å². The lowest BCUT2D eigenvalue weighted by Crippen LogP contribution is -2.10. The number of nitriles is 2. The van der Waals surface area contributed by atoms with E-state index >= 15 is 0 Å². The van der Waals surface area contributed by atoms with Crippen molar-refractivity contribution < 1.29 is 9.53 Å². The second-order valence-electron chi connectivity index (χ2n) is 6.56. The Morgan fingerprint density at radius 1 is 1.03 bits per heavy atom. The van der Waals surface area contributed by atoms with E-state index in [2.05, 4.69) is 32.7 Å². The number of anilines is 3. The lowest BCUT2D eigenvalue weighted by Gasteiger charge is -2.15. The third-order valence-corrected chi connectivity index (χ3v) is 4.12. The minimum absolute atomic E-state index is 0.159. The molecule has 0 saturated carbocycles. The summed E-state index contributed by atoms with van der Waals surface area (Å²) in [7, 11) is 0. The quantitative estimate of drug-likeness (QED) is 0.655. The first-order valence-corrected chi connectivity index (χ1v) is 9.00. The number of amides is 1. The molecule has 0 saturated heterocycles. The number of hydrogen-bond acceptors (Lipinski definition) is 7. The molecule has 8 heteroatoms. The molecule has 8 nitrogen and oxygen atoms in total. The maximum absolute atomic E-state index is 11.6. The summed E-state index contributed by atoms with van der Waals surface area (Å²) in [5, 5.41) is 23.7. The standard InChI is InChI=1S/C22H18N6O2/c1-13-8-17(11-24)9-14(2)20(13)30-21-19(26-15(3)29)12-25-22(28-21)27-18-6-4-16(10-23)5-7-18/h4-9,12H,1-3H3,(H,26,29)(H,25,27,28). The van der Waals surface area contributed by atoms with Crippen LogP contribution < -0.4 is 15.4 Å². The van der Waals surface area contributed by atoms with Gasteiger partial charge in [0.15, 0.2) is 0 Å². The van der Waals surface area contributed by atoms with E-state index in [-0.39, 0.29) is 17.7 Å². The van der Waals surface area contributed by atoms with Gasteiger partial charge in [-0.15, -0.1) is 0 Å². The van der Waals surface area contributed by atoms with Crippen molar-refractivity contribution >= 4 is 23.2 Å². The highest BCUT2D eigenvalue weighted by Crippen LogP contribution is 2.33. The topological polar surface area (TPSA) is 124 Å². The lowest BCUT2D eigenvalue weighted by atomic mass is 10.1. The average Bonchev–Trinajstić information content (AvgIpc) is 2.72. The van der Waals surface area contributed by atoms with Crippen molar-refractivity contribution in [2.75, 3.05) is 10.6 Å². The summed E-state index contributed by atoms with van der Waals surface area (Å²) >= 11 is 0. The van der Waals surface area contributed by atoms with Gasteiger partial charge in [-0.25, -0.2) is 4.98 Å². The second-order valence-corrected chi connectivity index (χ2v) is 6.56. The second kappa shape index (κ2) is 8.72. The Labute approximate surface area is 173 Å². The van der Waals surface area contributed by atoms with Crippen LogP contribution >= 0.6 is 0 Å². The molecule has 0 aliphatic rings. The molecule has 1 heterocycles. The molecule has 0 fully saturated rings. The van der Waals surface area contributed by atoms with Crippen molar-refractivity contribution in [2.24, 2.45) is 0 Å². The van der Waals surface area contributed by atoms with E-state index in [1.54, 1.807) is 36.4 Å². The molecule has 1 aromatic heterocycles. The fourth-order valence-electron chi connectivity index (χ4n) is 2.81. The first kappa shape index (κ1) is 20.3. The van der Waals surface area contributed by atoms with Crippen LogP contribution in [-0.4, -0.2) is 15.9 Å². The third-order valence-electron chi connectivity index (χ3n) is 4.12. The predicted octanol–water partition coefficient (Wildman–Crippen LogP) is 4.33. The zero-order chi connectivity index (χ0) is 21.7. The normalized spacial score (nSPS) is 9.90. The summed E-state index contributed by atoms with van der Waals surface area (Å²) in [5.41, 5.74) is 3.61. The molecule has 30 heavy (non-hydrogen) atoms. The predicted molar refractivity (Wildman–Crippen MR) is 111 cm³/mol. The van der Waals surface area contributed by atoms with Crippen LogP contribution in [0.5, 0.6) is 11.6 Å². The highest BCUT2D eigenvalue weighted by Gasteiger charge is 2.15. The van der Waals surface area contributed by atoms with Crippen LogP contribution in [0.1, 0.15) is 29.2 Å². The van der Waals surface area contributed by atoms with Gasteiger partial charge in [0.05, 0.1) is 29.5 Å². The Bertz CT molecular complexity index is 1170. The summed E-state index contributed by atoms with van der Waals surface area (Å²) in [6.45, 7) is 5.04. The Hall–Kier alpha value is -4.43. The van der Waals surface area contributed by atoms with Crippen molar-refractivity contribution in [2.45, 2.75) is 20.8 Å². The number of nitrogens with zero attached hydrogens (tertiary/aromatic N) is 4. The number of nitrogens with one attached hydrogen (secondary N) is 2. The summed E-state index contributed by atoms with van der Waals surface area (Å²) in [6.07, 6.45) is 1.45. The number of hydrogen-bond donors (Lipinski definition) is 2. The van der Waals surface area contributed by atoms with E-state index in [0.717, 1.165) is 11.1 Å². The van der Waals surface area contributed by atoms with Crippen LogP contribution in [0.15, 0.2) is 42.6 Å². The van der Waals surface area contributed by atoms with Crippen LogP contribution in [0.4, 0.5) is 17.3 Å². The number of rotatable bonds is 5. The summed E-state index contributed by atoms with van der Waals surface area (Å²) in [5.74, 6) is 0.674. The molecule has 1 amide bonds. The zero-order valence-corrected chi connectivity index (χ0v) is 16.6. The number of benzene rings is 2. The minimum Gasteiger partial charge on any atom is -0.436 e. The van der Waals surface area contributed by atoms with Gasteiger partial charge >= 0.3 is 0 Å². The van der Waals surface area contributed by atoms with Gasteiger partial charge < -0.3 is 15.4 Å². The molecule has 0 radical (unpaired) electrons. The smallest absolute Gasteiger partial charge is 0.248 e. The van der Waals surface area contributed by atoms with Crippen LogP contribution in [0, 0.1) is 36.5 Å². The average molecular weight is 398 g/mol. The van der Waals surface area contributed by atoms with Crippen molar-refractivity contribution in [3.63, 3.8) is 0 Å². The minimum atomic E-state index is -0.287. The van der Waals surface area contributed by atoms with Gasteiger partial charge in [-0.2, -0.15) is 15.5 Å². The van der Waals surface area contributed by atoms with E-state index in [9.17, 15) is 4.79 Å². The molecule has 0 bridgehead atoms. The summed E-state index contributed by atoms with van der Waals surface area (Å²) in [4.78, 5) is 20.2. The van der Waals surface area contributed by atoms with Crippen LogP contribution in [0.2, 0.25) is 0 Å². The van der Waals surface area contributed by atoms with Crippen molar-refractivity contribution in [3.8, 4) is 23.8 Å². The lowest BCUT2D eigenvalue weighted by molar-refractivity contribution is -0.114. The number of carbonyl (C=O) groups excluding carboxylic acids is 1. The molecule has 2 N–H and O–H groups in total. The van der Waals surface area contributed by atoms with Crippen molar-refractivity contribution in [1.29, 1.82) is 10.5 Å². The first-order valence-electron chi connectivity index (χ1n) is 9.00. The molecule has 0 atom stereocenters. The molecule has 0 unspecified atom stereocenters. The van der Waals surface area contributed by atoms with Crippen LogP contribution in [0.25, 0.3) is 0 Å². The molecule has 0 aliphatic carbocycles. The maximum atomic E-state index is 11.6. The van der Waals surface area contributed by atoms with Crippen molar-refractivity contribution in [1.82, 2.24) is 9.97 Å². The molecular weight excluding hydrogens is 380 g/mol. The van der Waals surface area contributed by atoms with E-state index in [0.29, 0.717) is 28.3 Å². The zero-order valence-electron chi connectivity index (χ0n) is 16.6. The van der Waals surface area contributed by atoms with Crippen LogP contribution in [0.3, 0.4) is 0 Å². The fourth-order valence-corrected chi connectivity index (χ4v) is 2.81. The first-order chi connectivity index (χ1) is 14.4. The van der Waals surface area contributed by atoms with Crippen molar-refractivity contribution in [3.05, 3.63) is 64.8 Å². The maximum Gasteiger partial charge on any atom is 0.248 e. The Morgan fingerprint density at radius 2 is 1.67 bits per heavy atom. The van der Waals surface area contributed by atoms with E-state index < -0.39 is 0 Å². The summed E-state index contributed by atoms with van der Waals surface area (Å²) < 4.78 is 6.03. The molecule has 3 rings (SSSR count). The SMILES string of the molecule is CC(=O)Nc1cnc(Nc2ccc(C#N)cc2)nc1Oc1c(C)cc(C#N)cc1C. The molecule has 148 valence electrons. The highest BCUT2D eigenvalue weighted by atomic mass is 16.5. The number of carbonyl (C=O) groups is 1. The monoisotopic (exact) mass is 398 g/mol. The van der Waals surface area contributed by atoms with Gasteiger partial charge in [0.2, 0.25) is 17.7 Å².